The molecule has 1 heterocycles. The minimum absolute atomic E-state index is 0.0829. The zero-order valence-electron chi connectivity index (χ0n) is 7.58. The van der Waals surface area contributed by atoms with Crippen LogP contribution < -0.4 is 10.0 Å². The SMILES string of the molecule is CNCCNS(=O)(=O)c1ccc(Br)o1. The van der Waals surface area contributed by atoms with Gasteiger partial charge in [0.1, 0.15) is 0 Å². The summed E-state index contributed by atoms with van der Waals surface area (Å²) in [6.07, 6.45) is 0. The first-order chi connectivity index (χ1) is 6.56. The number of halogens is 1. The maximum atomic E-state index is 11.5. The molecule has 0 amide bonds. The van der Waals surface area contributed by atoms with Crippen LogP contribution in [0.15, 0.2) is 26.3 Å². The highest BCUT2D eigenvalue weighted by atomic mass is 79.9. The lowest BCUT2D eigenvalue weighted by Gasteiger charge is -2.02. The largest absolute Gasteiger partial charge is 0.437 e. The standard InChI is InChI=1S/C7H11BrN2O3S/c1-9-4-5-10-14(11,12)7-3-2-6(8)13-7/h2-3,9-10H,4-5H2,1H3. The first-order valence-electron chi connectivity index (χ1n) is 3.96. The van der Waals surface area contributed by atoms with Gasteiger partial charge in [0.2, 0.25) is 5.09 Å². The van der Waals surface area contributed by atoms with E-state index in [4.69, 9.17) is 4.42 Å². The van der Waals surface area contributed by atoms with Crippen LogP contribution in [0.25, 0.3) is 0 Å². The quantitative estimate of drug-likeness (QED) is 0.774. The molecule has 0 aliphatic heterocycles. The molecule has 1 aromatic rings. The van der Waals surface area contributed by atoms with Crippen molar-refractivity contribution in [1.29, 1.82) is 0 Å². The van der Waals surface area contributed by atoms with E-state index in [-0.39, 0.29) is 5.09 Å². The van der Waals surface area contributed by atoms with Gasteiger partial charge in [0.25, 0.3) is 10.0 Å². The van der Waals surface area contributed by atoms with Crippen LogP contribution in [0.1, 0.15) is 0 Å². The van der Waals surface area contributed by atoms with E-state index >= 15 is 0 Å². The molecule has 14 heavy (non-hydrogen) atoms. The van der Waals surface area contributed by atoms with Gasteiger partial charge in [-0.1, -0.05) is 0 Å². The van der Waals surface area contributed by atoms with E-state index < -0.39 is 10.0 Å². The average molecular weight is 283 g/mol. The summed E-state index contributed by atoms with van der Waals surface area (Å²) in [6, 6.07) is 2.93. The van der Waals surface area contributed by atoms with Gasteiger partial charge in [-0.2, -0.15) is 0 Å². The van der Waals surface area contributed by atoms with Crippen LogP contribution in [0.4, 0.5) is 0 Å². The van der Waals surface area contributed by atoms with E-state index in [9.17, 15) is 8.42 Å². The van der Waals surface area contributed by atoms with E-state index in [1.165, 1.54) is 12.1 Å². The molecule has 0 spiro atoms. The highest BCUT2D eigenvalue weighted by Crippen LogP contribution is 2.17. The topological polar surface area (TPSA) is 71.3 Å². The van der Waals surface area contributed by atoms with Crippen LogP contribution in [0.2, 0.25) is 0 Å². The summed E-state index contributed by atoms with van der Waals surface area (Å²) < 4.78 is 30.6. The van der Waals surface area contributed by atoms with Crippen LogP contribution in [0.5, 0.6) is 0 Å². The Bertz CT molecular complexity index is 387. The Labute approximate surface area is 91.0 Å². The number of furan rings is 1. The number of nitrogens with one attached hydrogen (secondary N) is 2. The van der Waals surface area contributed by atoms with E-state index in [2.05, 4.69) is 26.0 Å². The Morgan fingerprint density at radius 2 is 2.14 bits per heavy atom. The molecule has 7 heteroatoms. The average Bonchev–Trinajstić information content (AvgIpc) is 2.53. The maximum absolute atomic E-state index is 11.5. The molecular formula is C7H11BrN2O3S. The zero-order chi connectivity index (χ0) is 10.6. The lowest BCUT2D eigenvalue weighted by molar-refractivity contribution is 0.428. The fraction of sp³-hybridized carbons (Fsp3) is 0.429. The predicted molar refractivity (Wildman–Crippen MR) is 55.5 cm³/mol. The third kappa shape index (κ3) is 3.09. The second kappa shape index (κ2) is 4.92. The van der Waals surface area contributed by atoms with Crippen molar-refractivity contribution in [3.05, 3.63) is 16.8 Å². The lowest BCUT2D eigenvalue weighted by Crippen LogP contribution is -2.30. The van der Waals surface area contributed by atoms with Crippen molar-refractivity contribution in [1.82, 2.24) is 10.0 Å². The Morgan fingerprint density at radius 3 is 2.64 bits per heavy atom. The number of sulfonamides is 1. The minimum Gasteiger partial charge on any atom is -0.437 e. The molecule has 0 aromatic carbocycles. The molecule has 1 aromatic heterocycles. The van der Waals surface area contributed by atoms with Gasteiger partial charge in [0.15, 0.2) is 4.67 Å². The van der Waals surface area contributed by atoms with Gasteiger partial charge >= 0.3 is 0 Å². The third-order valence-corrected chi connectivity index (χ3v) is 3.24. The van der Waals surface area contributed by atoms with Gasteiger partial charge in [-0.05, 0) is 35.1 Å². The van der Waals surface area contributed by atoms with Crippen LogP contribution in [-0.2, 0) is 10.0 Å². The van der Waals surface area contributed by atoms with Crippen LogP contribution in [-0.4, -0.2) is 28.6 Å². The molecule has 0 unspecified atom stereocenters. The van der Waals surface area contributed by atoms with Crippen LogP contribution in [0.3, 0.4) is 0 Å². The molecule has 0 saturated carbocycles. The van der Waals surface area contributed by atoms with E-state index in [1.807, 2.05) is 0 Å². The summed E-state index contributed by atoms with van der Waals surface area (Å²) in [6.45, 7) is 0.901. The number of likely N-dealkylation sites (N-methyl/N-ethyl adjacent to an activating group) is 1. The summed E-state index contributed by atoms with van der Waals surface area (Å²) in [5, 5.41) is 2.75. The third-order valence-electron chi connectivity index (χ3n) is 1.48. The molecule has 0 saturated heterocycles. The van der Waals surface area contributed by atoms with Gasteiger partial charge in [0, 0.05) is 13.1 Å². The second-order valence-corrected chi connectivity index (χ2v) is 5.04. The summed E-state index contributed by atoms with van der Waals surface area (Å²) in [7, 11) is -1.75. The summed E-state index contributed by atoms with van der Waals surface area (Å²) in [5.74, 6) is 0. The van der Waals surface area contributed by atoms with Gasteiger partial charge in [-0.15, -0.1) is 0 Å². The van der Waals surface area contributed by atoms with Crippen molar-refractivity contribution in [2.75, 3.05) is 20.1 Å². The predicted octanol–water partition coefficient (Wildman–Crippen LogP) is 0.540. The summed E-state index contributed by atoms with van der Waals surface area (Å²) >= 11 is 3.04. The van der Waals surface area contributed by atoms with Crippen molar-refractivity contribution >= 4 is 26.0 Å². The normalized spacial score (nSPS) is 11.9. The van der Waals surface area contributed by atoms with Gasteiger partial charge in [-0.3, -0.25) is 0 Å². The Hall–Kier alpha value is -0.370. The lowest BCUT2D eigenvalue weighted by atomic mass is 10.7. The van der Waals surface area contributed by atoms with E-state index in [1.54, 1.807) is 7.05 Å². The van der Waals surface area contributed by atoms with Crippen molar-refractivity contribution in [3.8, 4) is 0 Å². The first kappa shape index (κ1) is 11.7. The molecule has 0 bridgehead atoms. The zero-order valence-corrected chi connectivity index (χ0v) is 9.98. The molecule has 0 fully saturated rings. The Kier molecular flexibility index (Phi) is 4.11. The smallest absolute Gasteiger partial charge is 0.274 e. The van der Waals surface area contributed by atoms with Crippen LogP contribution in [0, 0.1) is 0 Å². The van der Waals surface area contributed by atoms with E-state index in [0.29, 0.717) is 17.8 Å². The van der Waals surface area contributed by atoms with E-state index in [0.717, 1.165) is 0 Å². The fourth-order valence-corrected chi connectivity index (χ4v) is 2.20. The molecule has 0 aliphatic carbocycles. The first-order valence-corrected chi connectivity index (χ1v) is 6.23. The van der Waals surface area contributed by atoms with Crippen molar-refractivity contribution in [2.45, 2.75) is 5.09 Å². The molecule has 0 radical (unpaired) electrons. The number of hydrogen-bond donors (Lipinski definition) is 2. The molecule has 80 valence electrons. The molecule has 2 N–H and O–H groups in total. The molecule has 1 rings (SSSR count). The fourth-order valence-electron chi connectivity index (χ4n) is 0.824. The molecule has 0 atom stereocenters. The van der Waals surface area contributed by atoms with Crippen molar-refractivity contribution < 1.29 is 12.8 Å². The number of rotatable bonds is 5. The van der Waals surface area contributed by atoms with Gasteiger partial charge in [0.05, 0.1) is 0 Å². The molecule has 0 aliphatic rings. The van der Waals surface area contributed by atoms with Crippen LogP contribution >= 0.6 is 15.9 Å². The minimum atomic E-state index is -3.50. The van der Waals surface area contributed by atoms with Crippen molar-refractivity contribution in [2.24, 2.45) is 0 Å². The second-order valence-electron chi connectivity index (χ2n) is 2.56. The number of hydrogen-bond acceptors (Lipinski definition) is 4. The molecular weight excluding hydrogens is 272 g/mol. The van der Waals surface area contributed by atoms with Crippen molar-refractivity contribution in [3.63, 3.8) is 0 Å². The summed E-state index contributed by atoms with van der Waals surface area (Å²) in [5.41, 5.74) is 0. The van der Waals surface area contributed by atoms with Gasteiger partial charge < -0.3 is 9.73 Å². The Morgan fingerprint density at radius 1 is 1.43 bits per heavy atom. The molecule has 5 nitrogen and oxygen atoms in total. The monoisotopic (exact) mass is 282 g/mol. The van der Waals surface area contributed by atoms with Gasteiger partial charge in [-0.25, -0.2) is 13.1 Å². The summed E-state index contributed by atoms with van der Waals surface area (Å²) in [4.78, 5) is 0. The Balaban J connectivity index is 2.66. The maximum Gasteiger partial charge on any atom is 0.274 e. The highest BCUT2D eigenvalue weighted by molar-refractivity contribution is 9.10. The highest BCUT2D eigenvalue weighted by Gasteiger charge is 2.17.